The van der Waals surface area contributed by atoms with Crippen molar-refractivity contribution in [3.05, 3.63) is 94.0 Å². The molecule has 2 heteroatoms. The zero-order chi connectivity index (χ0) is 19.3. The van der Waals surface area contributed by atoms with Crippen molar-refractivity contribution < 1.29 is 0 Å². The van der Waals surface area contributed by atoms with Crippen LogP contribution in [0.2, 0.25) is 0 Å². The molecule has 0 spiro atoms. The van der Waals surface area contributed by atoms with Gasteiger partial charge in [-0.05, 0) is 23.5 Å². The van der Waals surface area contributed by atoms with Gasteiger partial charge in [0.2, 0.25) is 0 Å². The van der Waals surface area contributed by atoms with Gasteiger partial charge in [-0.3, -0.25) is 0 Å². The molecule has 0 N–H and O–H groups in total. The molecule has 0 fully saturated rings. The summed E-state index contributed by atoms with van der Waals surface area (Å²) in [6, 6.07) is 20.7. The molecule has 1 unspecified atom stereocenters. The molecule has 2 rings (SSSR count). The van der Waals surface area contributed by atoms with Crippen molar-refractivity contribution in [1.82, 2.24) is 0 Å². The molecule has 0 heterocycles. The number of rotatable bonds is 11. The van der Waals surface area contributed by atoms with E-state index in [1.165, 1.54) is 36.8 Å². The number of hydrogen-bond donors (Lipinski definition) is 0. The Bertz CT molecular complexity index is 644. The Labute approximate surface area is 174 Å². The van der Waals surface area contributed by atoms with Crippen LogP contribution < -0.4 is 0 Å². The average molecular weight is 401 g/mol. The fourth-order valence-electron chi connectivity index (χ4n) is 3.19. The van der Waals surface area contributed by atoms with Gasteiger partial charge in [-0.25, -0.2) is 0 Å². The van der Waals surface area contributed by atoms with Crippen LogP contribution in [0, 0.1) is 5.92 Å². The van der Waals surface area contributed by atoms with Crippen LogP contribution in [-0.2, 0) is 12.8 Å². The van der Waals surface area contributed by atoms with Crippen LogP contribution in [0.25, 0.3) is 0 Å². The monoisotopic (exact) mass is 400 g/mol. The van der Waals surface area contributed by atoms with E-state index in [9.17, 15) is 0 Å². The second-order valence-corrected chi connectivity index (χ2v) is 8.04. The van der Waals surface area contributed by atoms with Crippen molar-refractivity contribution in [3.8, 4) is 0 Å². The summed E-state index contributed by atoms with van der Waals surface area (Å²) >= 11 is 13.2. The molecule has 1 atom stereocenters. The molecule has 0 saturated carbocycles. The molecule has 0 aliphatic carbocycles. The maximum atomic E-state index is 6.58. The minimum absolute atomic E-state index is 0.286. The first kappa shape index (κ1) is 21.8. The molecule has 144 valence electrons. The maximum absolute atomic E-state index is 6.58. The van der Waals surface area contributed by atoms with E-state index in [1.54, 1.807) is 0 Å². The molecule has 0 aliphatic rings. The zero-order valence-corrected chi connectivity index (χ0v) is 17.7. The number of hydrogen-bond acceptors (Lipinski definition) is 0. The van der Waals surface area contributed by atoms with E-state index in [1.807, 2.05) is 12.1 Å². The Morgan fingerprint density at radius 3 is 1.67 bits per heavy atom. The highest BCUT2D eigenvalue weighted by molar-refractivity contribution is 6.30. The summed E-state index contributed by atoms with van der Waals surface area (Å²) in [5.41, 5.74) is 2.48. The normalized spacial score (nSPS) is 13.6. The van der Waals surface area contributed by atoms with E-state index in [4.69, 9.17) is 23.2 Å². The molecule has 0 radical (unpaired) electrons. The van der Waals surface area contributed by atoms with Crippen molar-refractivity contribution in [2.24, 2.45) is 5.92 Å². The summed E-state index contributed by atoms with van der Waals surface area (Å²) in [4.78, 5) is 0. The van der Waals surface area contributed by atoms with Crippen molar-refractivity contribution in [2.45, 2.75) is 51.9 Å². The Kier molecular flexibility index (Phi) is 10.3. The van der Waals surface area contributed by atoms with E-state index >= 15 is 0 Å². The predicted molar refractivity (Wildman–Crippen MR) is 120 cm³/mol. The quantitative estimate of drug-likeness (QED) is 0.332. The molecule has 0 saturated heterocycles. The standard InChI is InChI=1S/C25H30Cl2/c1-2-3-4-7-16-23(19-24(26)17-21-12-8-5-9-13-21)20-25(27)18-22-14-10-6-11-15-22/h5-6,8-15,19-20,23H,2-4,7,16-18H2,1H3/b24-19-,25-20+. The predicted octanol–water partition coefficient (Wildman–Crippen LogP) is 8.30. The first-order chi connectivity index (χ1) is 13.2. The fourth-order valence-corrected chi connectivity index (χ4v) is 3.82. The smallest absolute Gasteiger partial charge is 0.0190 e. The van der Waals surface area contributed by atoms with Gasteiger partial charge >= 0.3 is 0 Å². The summed E-state index contributed by atoms with van der Waals surface area (Å²) in [5, 5.41) is 1.78. The van der Waals surface area contributed by atoms with Crippen LogP contribution in [0.4, 0.5) is 0 Å². The number of allylic oxidation sites excluding steroid dienone is 4. The fraction of sp³-hybridized carbons (Fsp3) is 0.360. The van der Waals surface area contributed by atoms with Gasteiger partial charge in [-0.1, -0.05) is 129 Å². The first-order valence-electron chi connectivity index (χ1n) is 9.97. The maximum Gasteiger partial charge on any atom is 0.0190 e. The van der Waals surface area contributed by atoms with E-state index in [2.05, 4.69) is 67.6 Å². The van der Waals surface area contributed by atoms with Crippen LogP contribution in [-0.4, -0.2) is 0 Å². The van der Waals surface area contributed by atoms with Crippen LogP contribution in [0.3, 0.4) is 0 Å². The summed E-state index contributed by atoms with van der Waals surface area (Å²) in [7, 11) is 0. The lowest BCUT2D eigenvalue weighted by molar-refractivity contribution is 0.588. The van der Waals surface area contributed by atoms with Gasteiger partial charge in [0.15, 0.2) is 0 Å². The Balaban J connectivity index is 2.04. The van der Waals surface area contributed by atoms with Crippen molar-refractivity contribution in [3.63, 3.8) is 0 Å². The molecule has 27 heavy (non-hydrogen) atoms. The molecule has 2 aromatic carbocycles. The van der Waals surface area contributed by atoms with Crippen molar-refractivity contribution >= 4 is 23.2 Å². The SMILES string of the molecule is CCCCCCC(/C=C(\Cl)Cc1ccccc1)/C=C(/Cl)Cc1ccccc1. The highest BCUT2D eigenvalue weighted by Crippen LogP contribution is 2.23. The molecule has 0 aliphatic heterocycles. The van der Waals surface area contributed by atoms with Crippen LogP contribution in [0.15, 0.2) is 82.9 Å². The third-order valence-corrected chi connectivity index (χ3v) is 5.13. The van der Waals surface area contributed by atoms with Crippen molar-refractivity contribution in [1.29, 1.82) is 0 Å². The van der Waals surface area contributed by atoms with Crippen molar-refractivity contribution in [2.75, 3.05) is 0 Å². The third-order valence-electron chi connectivity index (χ3n) is 4.61. The number of unbranched alkanes of at least 4 members (excludes halogenated alkanes) is 3. The molecule has 0 aromatic heterocycles. The highest BCUT2D eigenvalue weighted by atomic mass is 35.5. The van der Waals surface area contributed by atoms with E-state index in [0.717, 1.165) is 29.3 Å². The number of halogens is 2. The minimum Gasteiger partial charge on any atom is -0.0891 e. The molecule has 2 aromatic rings. The van der Waals surface area contributed by atoms with Gasteiger partial charge in [0.05, 0.1) is 0 Å². The largest absolute Gasteiger partial charge is 0.0891 e. The molecule has 0 amide bonds. The second kappa shape index (κ2) is 12.8. The first-order valence-corrected chi connectivity index (χ1v) is 10.7. The average Bonchev–Trinajstić information content (AvgIpc) is 2.66. The summed E-state index contributed by atoms with van der Waals surface area (Å²) in [6.45, 7) is 2.24. The summed E-state index contributed by atoms with van der Waals surface area (Å²) < 4.78 is 0. The van der Waals surface area contributed by atoms with Gasteiger partial charge in [0, 0.05) is 22.9 Å². The lowest BCUT2D eigenvalue weighted by Gasteiger charge is -2.11. The Hall–Kier alpha value is -1.50. The van der Waals surface area contributed by atoms with Crippen LogP contribution >= 0.6 is 23.2 Å². The van der Waals surface area contributed by atoms with Gasteiger partial charge in [-0.15, -0.1) is 0 Å². The van der Waals surface area contributed by atoms with Gasteiger partial charge in [-0.2, -0.15) is 0 Å². The highest BCUT2D eigenvalue weighted by Gasteiger charge is 2.07. The summed E-state index contributed by atoms with van der Waals surface area (Å²) in [6.07, 6.45) is 12.0. The second-order valence-electron chi connectivity index (χ2n) is 7.07. The zero-order valence-electron chi connectivity index (χ0n) is 16.2. The van der Waals surface area contributed by atoms with Gasteiger partial charge in [0.1, 0.15) is 0 Å². The third kappa shape index (κ3) is 9.31. The van der Waals surface area contributed by atoms with Crippen LogP contribution in [0.1, 0.15) is 50.2 Å². The Morgan fingerprint density at radius 2 is 1.22 bits per heavy atom. The van der Waals surface area contributed by atoms with Gasteiger partial charge in [0.25, 0.3) is 0 Å². The lowest BCUT2D eigenvalue weighted by atomic mass is 9.97. The molecule has 0 bridgehead atoms. The Morgan fingerprint density at radius 1 is 0.741 bits per heavy atom. The number of benzene rings is 2. The molecular formula is C25H30Cl2. The van der Waals surface area contributed by atoms with Gasteiger partial charge < -0.3 is 0 Å². The minimum atomic E-state index is 0.286. The lowest BCUT2D eigenvalue weighted by Crippen LogP contribution is -1.97. The van der Waals surface area contributed by atoms with E-state index < -0.39 is 0 Å². The van der Waals surface area contributed by atoms with Crippen LogP contribution in [0.5, 0.6) is 0 Å². The topological polar surface area (TPSA) is 0 Å². The molecular weight excluding hydrogens is 371 g/mol. The van der Waals surface area contributed by atoms with E-state index in [-0.39, 0.29) is 5.92 Å². The molecule has 0 nitrogen and oxygen atoms in total. The van der Waals surface area contributed by atoms with E-state index in [0.29, 0.717) is 0 Å². The summed E-state index contributed by atoms with van der Waals surface area (Å²) in [5.74, 6) is 0.286.